The molecule has 48 heavy (non-hydrogen) atoms. The van der Waals surface area contributed by atoms with Crippen molar-refractivity contribution in [2.24, 2.45) is 5.41 Å². The molecule has 1 aromatic heterocycles. The molecule has 2 heterocycles. The van der Waals surface area contributed by atoms with Crippen LogP contribution >= 0.6 is 0 Å². The number of nitrogens with one attached hydrogen (secondary N) is 1. The summed E-state index contributed by atoms with van der Waals surface area (Å²) in [4.78, 5) is 23.3. The van der Waals surface area contributed by atoms with Crippen molar-refractivity contribution in [2.75, 3.05) is 13.1 Å². The second kappa shape index (κ2) is 9.87. The summed E-state index contributed by atoms with van der Waals surface area (Å²) in [5.41, 5.74) is 14.9. The van der Waals surface area contributed by atoms with E-state index in [9.17, 15) is 10.1 Å². The second-order valence-electron chi connectivity index (χ2n) is 15.1. The zero-order chi connectivity index (χ0) is 32.3. The first-order chi connectivity index (χ1) is 23.5. The average Bonchev–Trinajstić information content (AvgIpc) is 3.38. The van der Waals surface area contributed by atoms with E-state index in [0.29, 0.717) is 30.7 Å². The first-order valence-corrected chi connectivity index (χ1v) is 17.6. The first-order valence-electron chi connectivity index (χ1n) is 17.6. The number of nitrogens with zero attached hydrogens (tertiary/aromatic N) is 3. The van der Waals surface area contributed by atoms with E-state index in [4.69, 9.17) is 0 Å². The number of nitriles is 1. The lowest BCUT2D eigenvalue weighted by atomic mass is 9.71. The van der Waals surface area contributed by atoms with Gasteiger partial charge in [0.1, 0.15) is 11.4 Å². The summed E-state index contributed by atoms with van der Waals surface area (Å²) in [5, 5.41) is 10.9. The van der Waals surface area contributed by atoms with E-state index in [1.807, 2.05) is 6.92 Å². The van der Waals surface area contributed by atoms with Crippen LogP contribution in [-0.4, -0.2) is 33.5 Å². The molecule has 236 valence electrons. The minimum Gasteiger partial charge on any atom is -0.311 e. The smallest absolute Gasteiger partial charge is 0.254 e. The van der Waals surface area contributed by atoms with Crippen LogP contribution in [-0.2, 0) is 31.1 Å². The third-order valence-corrected chi connectivity index (χ3v) is 12.9. The van der Waals surface area contributed by atoms with E-state index in [-0.39, 0.29) is 16.4 Å². The van der Waals surface area contributed by atoms with Gasteiger partial charge in [-0.2, -0.15) is 5.26 Å². The fourth-order valence-corrected chi connectivity index (χ4v) is 10.7. The van der Waals surface area contributed by atoms with E-state index in [1.54, 1.807) is 0 Å². The van der Waals surface area contributed by atoms with Gasteiger partial charge in [-0.25, -0.2) is 4.98 Å². The molecule has 1 saturated carbocycles. The molecule has 1 aliphatic heterocycles. The van der Waals surface area contributed by atoms with Crippen LogP contribution in [0.3, 0.4) is 0 Å². The maximum Gasteiger partial charge on any atom is 0.254 e. The third kappa shape index (κ3) is 3.70. The lowest BCUT2D eigenvalue weighted by Crippen LogP contribution is -2.57. The van der Waals surface area contributed by atoms with E-state index in [0.717, 1.165) is 50.9 Å². The molecule has 5 heteroatoms. The highest BCUT2D eigenvalue weighted by Gasteiger charge is 2.71. The minimum atomic E-state index is -0.706. The Balaban J connectivity index is 1.13. The number of hydrogen-bond acceptors (Lipinski definition) is 4. The number of H-pyrrole nitrogens is 1. The molecule has 0 amide bonds. The Morgan fingerprint density at radius 1 is 0.792 bits per heavy atom. The highest BCUT2D eigenvalue weighted by molar-refractivity contribution is 5.82. The number of aryl methyl sites for hydroxylation is 2. The Labute approximate surface area is 281 Å². The van der Waals surface area contributed by atoms with Gasteiger partial charge < -0.3 is 4.98 Å². The minimum absolute atomic E-state index is 0.00111. The van der Waals surface area contributed by atoms with Crippen molar-refractivity contribution in [3.05, 3.63) is 146 Å². The summed E-state index contributed by atoms with van der Waals surface area (Å²) in [6, 6.07) is 34.7. The quantitative estimate of drug-likeness (QED) is 0.221. The van der Waals surface area contributed by atoms with Crippen LogP contribution in [0.25, 0.3) is 22.3 Å². The largest absolute Gasteiger partial charge is 0.311 e. The number of fused-ring (bicyclic) bond motifs is 7. The second-order valence-corrected chi connectivity index (χ2v) is 15.1. The van der Waals surface area contributed by atoms with E-state index >= 15 is 0 Å². The molecule has 4 aliphatic carbocycles. The molecule has 0 bridgehead atoms. The van der Waals surface area contributed by atoms with Gasteiger partial charge in [-0.3, -0.25) is 9.69 Å². The number of aromatic amines is 1. The van der Waals surface area contributed by atoms with Crippen molar-refractivity contribution in [2.45, 2.75) is 69.2 Å². The summed E-state index contributed by atoms with van der Waals surface area (Å²) >= 11 is 0. The highest BCUT2D eigenvalue weighted by atomic mass is 16.1. The molecule has 5 aromatic rings. The Hall–Kier alpha value is -4.79. The van der Waals surface area contributed by atoms with Crippen molar-refractivity contribution >= 4 is 0 Å². The van der Waals surface area contributed by atoms with Gasteiger partial charge in [-0.15, -0.1) is 0 Å². The lowest BCUT2D eigenvalue weighted by Gasteiger charge is -2.47. The number of likely N-dealkylation sites (tertiary alicyclic amines) is 1. The normalized spacial score (nSPS) is 24.2. The predicted molar refractivity (Wildman–Crippen MR) is 188 cm³/mol. The zero-order valence-electron chi connectivity index (χ0n) is 27.4. The van der Waals surface area contributed by atoms with E-state index < -0.39 is 5.54 Å². The molecular formula is C43H38N4O. The van der Waals surface area contributed by atoms with Gasteiger partial charge in [-0.05, 0) is 119 Å². The van der Waals surface area contributed by atoms with Gasteiger partial charge in [-0.1, -0.05) is 84.9 Å². The van der Waals surface area contributed by atoms with E-state index in [1.165, 1.54) is 55.6 Å². The zero-order valence-corrected chi connectivity index (χ0v) is 27.4. The first kappa shape index (κ1) is 28.2. The van der Waals surface area contributed by atoms with Crippen LogP contribution in [0.5, 0.6) is 0 Å². The van der Waals surface area contributed by atoms with Crippen LogP contribution in [0, 0.1) is 23.7 Å². The number of benzene rings is 4. The molecule has 5 nitrogen and oxygen atoms in total. The third-order valence-electron chi connectivity index (χ3n) is 12.9. The highest BCUT2D eigenvalue weighted by Crippen LogP contribution is 2.74. The molecule has 10 rings (SSSR count). The standard InChI is InChI=1S/C43H38N4O/c1-27-45-39-17-19-42(25-44,23-36(39)40(48)46-27)47-20-8-18-41(26-47)24-43(41,37-15-6-13-32-30-11-4-2-9-28(30)21-34(32)37)38-16-7-14-33-31-12-5-3-10-29(31)22-35(33)38/h2-7,9-16H,8,17-24,26H2,1H3,(H,45,46,48). The number of rotatable bonds is 3. The molecule has 1 spiro atoms. The van der Waals surface area contributed by atoms with Gasteiger partial charge in [0.15, 0.2) is 0 Å². The maximum absolute atomic E-state index is 13.2. The van der Waals surface area contributed by atoms with Gasteiger partial charge in [0.25, 0.3) is 5.56 Å². The SMILES string of the molecule is Cc1nc2c(c(=O)[nH]1)CC(C#N)(N1CCCC3(C1)CC3(c1cccc3c1Cc1ccccc1-3)c1cccc3c1Cc1ccccc1-3)CC2. The summed E-state index contributed by atoms with van der Waals surface area (Å²) in [6.07, 6.45) is 7.01. The van der Waals surface area contributed by atoms with Crippen LogP contribution < -0.4 is 5.56 Å². The molecule has 2 atom stereocenters. The Bertz CT molecular complexity index is 2200. The maximum atomic E-state index is 13.2. The molecule has 4 aromatic carbocycles. The van der Waals surface area contributed by atoms with Gasteiger partial charge in [0.05, 0.1) is 11.8 Å². The van der Waals surface area contributed by atoms with E-state index in [2.05, 4.69) is 106 Å². The van der Waals surface area contributed by atoms with Crippen molar-refractivity contribution in [3.63, 3.8) is 0 Å². The molecular weight excluding hydrogens is 589 g/mol. The predicted octanol–water partition coefficient (Wildman–Crippen LogP) is 7.44. The Morgan fingerprint density at radius 2 is 1.42 bits per heavy atom. The monoisotopic (exact) mass is 626 g/mol. The summed E-state index contributed by atoms with van der Waals surface area (Å²) in [6.45, 7) is 3.58. The number of piperidine rings is 1. The fraction of sp³-hybridized carbons (Fsp3) is 0.326. The Morgan fingerprint density at radius 3 is 2.06 bits per heavy atom. The van der Waals surface area contributed by atoms with Gasteiger partial charge in [0, 0.05) is 23.9 Å². The summed E-state index contributed by atoms with van der Waals surface area (Å²) in [7, 11) is 0. The van der Waals surface area contributed by atoms with Gasteiger partial charge in [0.2, 0.25) is 0 Å². The van der Waals surface area contributed by atoms with Gasteiger partial charge >= 0.3 is 0 Å². The average molecular weight is 627 g/mol. The topological polar surface area (TPSA) is 72.8 Å². The van der Waals surface area contributed by atoms with Crippen LogP contribution in [0.15, 0.2) is 89.7 Å². The molecule has 2 unspecified atom stereocenters. The Kier molecular flexibility index (Phi) is 5.81. The van der Waals surface area contributed by atoms with Crippen molar-refractivity contribution < 1.29 is 0 Å². The number of hydrogen-bond donors (Lipinski definition) is 1. The summed E-state index contributed by atoms with van der Waals surface area (Å²) in [5.74, 6) is 0.651. The fourth-order valence-electron chi connectivity index (χ4n) is 10.7. The molecule has 2 fully saturated rings. The number of aromatic nitrogens is 2. The molecule has 1 N–H and O–H groups in total. The van der Waals surface area contributed by atoms with Crippen molar-refractivity contribution in [1.29, 1.82) is 5.26 Å². The van der Waals surface area contributed by atoms with Crippen LogP contribution in [0.4, 0.5) is 0 Å². The van der Waals surface area contributed by atoms with Crippen LogP contribution in [0.1, 0.15) is 76.1 Å². The molecule has 5 aliphatic rings. The lowest BCUT2D eigenvalue weighted by molar-refractivity contribution is 0.0537. The van der Waals surface area contributed by atoms with Crippen molar-refractivity contribution in [3.8, 4) is 28.3 Å². The summed E-state index contributed by atoms with van der Waals surface area (Å²) < 4.78 is 0. The molecule has 1 saturated heterocycles. The molecule has 0 radical (unpaired) electrons. The van der Waals surface area contributed by atoms with Crippen LogP contribution in [0.2, 0.25) is 0 Å². The van der Waals surface area contributed by atoms with Crippen molar-refractivity contribution in [1.82, 2.24) is 14.9 Å².